The summed E-state index contributed by atoms with van der Waals surface area (Å²) in [5.74, 6) is 0.876. The number of aryl methyl sites for hydroxylation is 1. The van der Waals surface area contributed by atoms with Crippen LogP contribution in [-0.4, -0.2) is 35.6 Å². The van der Waals surface area contributed by atoms with Crippen LogP contribution in [0.5, 0.6) is 5.75 Å². The molecule has 130 valence electrons. The third-order valence-electron chi connectivity index (χ3n) is 3.90. The molecule has 1 aromatic rings. The molecule has 0 spiro atoms. The SMILES string of the molecule is CC/C=C\CCCCOc1ccc(CCC(N)(CO)CO)cc1. The first-order valence-corrected chi connectivity index (χ1v) is 8.51. The van der Waals surface area contributed by atoms with E-state index in [9.17, 15) is 10.2 Å². The minimum atomic E-state index is -0.901. The largest absolute Gasteiger partial charge is 0.494 e. The molecular formula is C19H31NO3. The monoisotopic (exact) mass is 321 g/mol. The van der Waals surface area contributed by atoms with E-state index in [1.165, 1.54) is 0 Å². The Morgan fingerprint density at radius 2 is 1.78 bits per heavy atom. The molecule has 0 saturated heterocycles. The molecule has 23 heavy (non-hydrogen) atoms. The first kappa shape index (κ1) is 19.7. The first-order valence-electron chi connectivity index (χ1n) is 8.51. The van der Waals surface area contributed by atoms with Crippen molar-refractivity contribution >= 4 is 0 Å². The third kappa shape index (κ3) is 8.16. The maximum atomic E-state index is 9.19. The van der Waals surface area contributed by atoms with Gasteiger partial charge in [0.2, 0.25) is 0 Å². The van der Waals surface area contributed by atoms with Crippen LogP contribution in [0.1, 0.15) is 44.6 Å². The van der Waals surface area contributed by atoms with Crippen LogP contribution in [0.4, 0.5) is 0 Å². The van der Waals surface area contributed by atoms with E-state index >= 15 is 0 Å². The van der Waals surface area contributed by atoms with Crippen molar-refractivity contribution in [3.05, 3.63) is 42.0 Å². The fraction of sp³-hybridized carbons (Fsp3) is 0.579. The molecule has 4 nitrogen and oxygen atoms in total. The van der Waals surface area contributed by atoms with Crippen LogP contribution in [0, 0.1) is 0 Å². The van der Waals surface area contributed by atoms with Gasteiger partial charge in [0, 0.05) is 0 Å². The zero-order valence-electron chi connectivity index (χ0n) is 14.2. The van der Waals surface area contributed by atoms with Gasteiger partial charge in [-0.05, 0) is 56.2 Å². The highest BCUT2D eigenvalue weighted by molar-refractivity contribution is 5.27. The smallest absolute Gasteiger partial charge is 0.119 e. The fourth-order valence-electron chi connectivity index (χ4n) is 2.19. The molecule has 0 unspecified atom stereocenters. The lowest BCUT2D eigenvalue weighted by Gasteiger charge is -2.24. The van der Waals surface area contributed by atoms with Crippen molar-refractivity contribution in [2.75, 3.05) is 19.8 Å². The highest BCUT2D eigenvalue weighted by Crippen LogP contribution is 2.16. The molecule has 0 atom stereocenters. The van der Waals surface area contributed by atoms with Crippen LogP contribution >= 0.6 is 0 Å². The molecule has 0 aliphatic heterocycles. The number of benzene rings is 1. The van der Waals surface area contributed by atoms with E-state index in [4.69, 9.17) is 10.5 Å². The molecule has 4 heteroatoms. The second kappa shape index (κ2) is 11.2. The van der Waals surface area contributed by atoms with Crippen molar-refractivity contribution in [1.29, 1.82) is 0 Å². The lowest BCUT2D eigenvalue weighted by Crippen LogP contribution is -2.47. The van der Waals surface area contributed by atoms with Gasteiger partial charge in [-0.1, -0.05) is 31.2 Å². The average Bonchev–Trinajstić information content (AvgIpc) is 2.60. The fourth-order valence-corrected chi connectivity index (χ4v) is 2.19. The molecule has 0 aliphatic carbocycles. The number of nitrogens with two attached hydrogens (primary N) is 1. The summed E-state index contributed by atoms with van der Waals surface area (Å²) in [6.07, 6.45) is 10.1. The Morgan fingerprint density at radius 1 is 1.09 bits per heavy atom. The van der Waals surface area contributed by atoms with Gasteiger partial charge in [0.15, 0.2) is 0 Å². The lowest BCUT2D eigenvalue weighted by atomic mass is 9.94. The summed E-state index contributed by atoms with van der Waals surface area (Å²) < 4.78 is 5.73. The van der Waals surface area contributed by atoms with Crippen LogP contribution in [0.15, 0.2) is 36.4 Å². The average molecular weight is 321 g/mol. The zero-order valence-corrected chi connectivity index (χ0v) is 14.2. The molecule has 0 radical (unpaired) electrons. The lowest BCUT2D eigenvalue weighted by molar-refractivity contribution is 0.115. The maximum Gasteiger partial charge on any atom is 0.119 e. The molecule has 1 rings (SSSR count). The summed E-state index contributed by atoms with van der Waals surface area (Å²) in [7, 11) is 0. The van der Waals surface area contributed by atoms with E-state index in [0.717, 1.165) is 50.0 Å². The molecule has 1 aromatic carbocycles. The number of ether oxygens (including phenoxy) is 1. The van der Waals surface area contributed by atoms with E-state index in [1.807, 2.05) is 24.3 Å². The van der Waals surface area contributed by atoms with E-state index in [0.29, 0.717) is 6.42 Å². The number of rotatable bonds is 12. The minimum absolute atomic E-state index is 0.210. The van der Waals surface area contributed by atoms with E-state index < -0.39 is 5.54 Å². The van der Waals surface area contributed by atoms with Crippen LogP contribution in [-0.2, 0) is 6.42 Å². The Morgan fingerprint density at radius 3 is 2.39 bits per heavy atom. The summed E-state index contributed by atoms with van der Waals surface area (Å²) in [6.45, 7) is 2.46. The molecule has 0 saturated carbocycles. The maximum absolute atomic E-state index is 9.19. The van der Waals surface area contributed by atoms with Gasteiger partial charge < -0.3 is 20.7 Å². The van der Waals surface area contributed by atoms with Crippen molar-refractivity contribution in [3.8, 4) is 5.75 Å². The minimum Gasteiger partial charge on any atom is -0.494 e. The van der Waals surface area contributed by atoms with Crippen LogP contribution in [0.3, 0.4) is 0 Å². The highest BCUT2D eigenvalue weighted by Gasteiger charge is 2.22. The van der Waals surface area contributed by atoms with Crippen LogP contribution < -0.4 is 10.5 Å². The predicted molar refractivity (Wildman–Crippen MR) is 94.6 cm³/mol. The second-order valence-corrected chi connectivity index (χ2v) is 6.05. The van der Waals surface area contributed by atoms with Crippen molar-refractivity contribution in [2.45, 2.75) is 51.0 Å². The molecule has 0 aromatic heterocycles. The molecule has 0 heterocycles. The molecular weight excluding hydrogens is 290 g/mol. The number of unbranched alkanes of at least 4 members (excludes halogenated alkanes) is 2. The van der Waals surface area contributed by atoms with Gasteiger partial charge in [-0.15, -0.1) is 0 Å². The predicted octanol–water partition coefficient (Wildman–Crippen LogP) is 2.82. The van der Waals surface area contributed by atoms with Crippen LogP contribution in [0.25, 0.3) is 0 Å². The zero-order chi connectivity index (χ0) is 17.0. The number of aliphatic hydroxyl groups excluding tert-OH is 2. The van der Waals surface area contributed by atoms with Gasteiger partial charge in [0.25, 0.3) is 0 Å². The standard InChI is InChI=1S/C19H31NO3/c1-2-3-4-5-6-7-14-23-18-10-8-17(9-11-18)12-13-19(20,15-21)16-22/h3-4,8-11,21-22H,2,5-7,12-16,20H2,1H3/b4-3-. The van der Waals surface area contributed by atoms with Crippen LogP contribution in [0.2, 0.25) is 0 Å². The molecule has 0 amide bonds. The molecule has 0 bridgehead atoms. The Labute approximate surface area is 140 Å². The number of hydrogen-bond donors (Lipinski definition) is 3. The Kier molecular flexibility index (Phi) is 9.60. The van der Waals surface area contributed by atoms with Gasteiger partial charge in [0.05, 0.1) is 25.4 Å². The van der Waals surface area contributed by atoms with Gasteiger partial charge in [0.1, 0.15) is 5.75 Å². The summed E-state index contributed by atoms with van der Waals surface area (Å²) >= 11 is 0. The quantitative estimate of drug-likeness (QED) is 0.409. The first-order chi connectivity index (χ1) is 11.1. The Bertz CT molecular complexity index is 438. The summed E-state index contributed by atoms with van der Waals surface area (Å²) in [5.41, 5.74) is 6.09. The highest BCUT2D eigenvalue weighted by atomic mass is 16.5. The number of aliphatic hydroxyl groups is 2. The molecule has 0 fully saturated rings. The Hall–Kier alpha value is -1.36. The molecule has 0 aliphatic rings. The van der Waals surface area contributed by atoms with E-state index in [-0.39, 0.29) is 13.2 Å². The van der Waals surface area contributed by atoms with Crippen molar-refractivity contribution in [1.82, 2.24) is 0 Å². The van der Waals surface area contributed by atoms with Gasteiger partial charge >= 0.3 is 0 Å². The summed E-state index contributed by atoms with van der Waals surface area (Å²) in [6, 6.07) is 7.94. The van der Waals surface area contributed by atoms with Crippen molar-refractivity contribution in [3.63, 3.8) is 0 Å². The van der Waals surface area contributed by atoms with E-state index in [1.54, 1.807) is 0 Å². The van der Waals surface area contributed by atoms with Gasteiger partial charge in [-0.2, -0.15) is 0 Å². The van der Waals surface area contributed by atoms with Gasteiger partial charge in [-0.25, -0.2) is 0 Å². The molecule has 4 N–H and O–H groups in total. The number of hydrogen-bond acceptors (Lipinski definition) is 4. The summed E-state index contributed by atoms with van der Waals surface area (Å²) in [4.78, 5) is 0. The summed E-state index contributed by atoms with van der Waals surface area (Å²) in [5, 5.41) is 18.4. The van der Waals surface area contributed by atoms with E-state index in [2.05, 4.69) is 19.1 Å². The third-order valence-corrected chi connectivity index (χ3v) is 3.90. The Balaban J connectivity index is 2.27. The second-order valence-electron chi connectivity index (χ2n) is 6.05. The van der Waals surface area contributed by atoms with Crippen molar-refractivity contribution in [2.24, 2.45) is 5.73 Å². The topological polar surface area (TPSA) is 75.7 Å². The number of allylic oxidation sites excluding steroid dienone is 2. The van der Waals surface area contributed by atoms with Crippen molar-refractivity contribution < 1.29 is 14.9 Å². The normalized spacial score (nSPS) is 12.0. The van der Waals surface area contributed by atoms with Gasteiger partial charge in [-0.3, -0.25) is 0 Å².